The minimum Gasteiger partial charge on any atom is -0.476 e. The third kappa shape index (κ3) is 1.97. The lowest BCUT2D eigenvalue weighted by molar-refractivity contribution is -0.125. The molecule has 9 nitrogen and oxygen atoms in total. The topological polar surface area (TPSA) is 124 Å². The van der Waals surface area contributed by atoms with E-state index in [1.807, 2.05) is 0 Å². The number of amides is 3. The Hall–Kier alpha value is -3.62. The maximum absolute atomic E-state index is 12.6. The molecule has 3 N–H and O–H groups in total. The number of hydrogen-bond acceptors (Lipinski definition) is 6. The number of likely N-dealkylation sites (N-methyl/N-ethyl adjacent to an activating group) is 1. The van der Waals surface area contributed by atoms with Crippen molar-refractivity contribution >= 4 is 29.2 Å². The fourth-order valence-electron chi connectivity index (χ4n) is 3.22. The number of aromatic nitrogens is 1. The van der Waals surface area contributed by atoms with Crippen LogP contribution in [0.3, 0.4) is 0 Å². The van der Waals surface area contributed by atoms with Crippen LogP contribution in [0.15, 0.2) is 29.1 Å². The van der Waals surface area contributed by atoms with Crippen LogP contribution in [-0.4, -0.2) is 35.4 Å². The van der Waals surface area contributed by atoms with Gasteiger partial charge < -0.3 is 15.4 Å². The van der Waals surface area contributed by atoms with E-state index in [1.54, 1.807) is 32.2 Å². The number of imide groups is 1. The molecule has 0 spiro atoms. The van der Waals surface area contributed by atoms with Crippen molar-refractivity contribution < 1.29 is 19.1 Å². The van der Waals surface area contributed by atoms with E-state index >= 15 is 0 Å². The van der Waals surface area contributed by atoms with Crippen LogP contribution in [0.5, 0.6) is 5.75 Å². The highest BCUT2D eigenvalue weighted by molar-refractivity contribution is 6.23. The van der Waals surface area contributed by atoms with Crippen LogP contribution < -0.4 is 26.2 Å². The molecule has 0 saturated carbocycles. The van der Waals surface area contributed by atoms with Crippen LogP contribution in [-0.2, 0) is 4.79 Å². The third-order valence-electron chi connectivity index (χ3n) is 4.50. The van der Waals surface area contributed by atoms with Crippen LogP contribution in [0.1, 0.15) is 27.6 Å². The van der Waals surface area contributed by atoms with E-state index in [0.29, 0.717) is 11.4 Å². The zero-order valence-electron chi connectivity index (χ0n) is 13.9. The molecule has 2 aliphatic rings. The molecule has 0 saturated heterocycles. The number of para-hydroxylation sites is 1. The standard InChI is InChI=1S/C17H14N4O5/c1-7-17(25)20(2)9-4-3-5-10(13(9)26-7)21-11(22)6-8-12(14(21)18)16(24)19-15(8)23/h3-7H,18H2,1-2H3,(H,19,23,24). The first kappa shape index (κ1) is 15.9. The van der Waals surface area contributed by atoms with Crippen molar-refractivity contribution in [1.29, 1.82) is 0 Å². The number of carbonyl (C=O) groups excluding carboxylic acids is 3. The summed E-state index contributed by atoms with van der Waals surface area (Å²) in [5.74, 6) is -1.43. The first-order chi connectivity index (χ1) is 12.3. The average molecular weight is 354 g/mol. The van der Waals surface area contributed by atoms with E-state index in [-0.39, 0.29) is 28.5 Å². The predicted molar refractivity (Wildman–Crippen MR) is 91.7 cm³/mol. The van der Waals surface area contributed by atoms with Gasteiger partial charge in [0, 0.05) is 13.1 Å². The van der Waals surface area contributed by atoms with Gasteiger partial charge in [-0.3, -0.25) is 29.1 Å². The SMILES string of the molecule is CC1Oc2c(cccc2-n2c(N)c3c(cc2=O)C(=O)NC3=O)N(C)C1=O. The summed E-state index contributed by atoms with van der Waals surface area (Å²) in [6.45, 7) is 1.60. The van der Waals surface area contributed by atoms with Gasteiger partial charge >= 0.3 is 0 Å². The molecule has 1 aromatic heterocycles. The number of carbonyl (C=O) groups is 3. The Morgan fingerprint density at radius 3 is 2.54 bits per heavy atom. The molecule has 0 fully saturated rings. The molecule has 26 heavy (non-hydrogen) atoms. The van der Waals surface area contributed by atoms with Crippen LogP contribution in [0.4, 0.5) is 11.5 Å². The molecule has 1 unspecified atom stereocenters. The van der Waals surface area contributed by atoms with E-state index in [2.05, 4.69) is 5.32 Å². The van der Waals surface area contributed by atoms with Crippen molar-refractivity contribution in [2.75, 3.05) is 17.7 Å². The Kier molecular flexibility index (Phi) is 3.17. The summed E-state index contributed by atoms with van der Waals surface area (Å²) >= 11 is 0. The van der Waals surface area contributed by atoms with Crippen molar-refractivity contribution in [3.8, 4) is 11.4 Å². The first-order valence-electron chi connectivity index (χ1n) is 7.80. The number of pyridine rings is 1. The van der Waals surface area contributed by atoms with Gasteiger partial charge in [0.25, 0.3) is 23.3 Å². The van der Waals surface area contributed by atoms with E-state index in [1.165, 1.54) is 4.90 Å². The van der Waals surface area contributed by atoms with Gasteiger partial charge in [-0.05, 0) is 19.1 Å². The normalized spacial score (nSPS) is 18.3. The molecule has 3 heterocycles. The predicted octanol–water partition coefficient (Wildman–Crippen LogP) is 0.0470. The zero-order chi connectivity index (χ0) is 18.7. The number of nitrogens with two attached hydrogens (primary N) is 1. The maximum atomic E-state index is 12.6. The van der Waals surface area contributed by atoms with Crippen molar-refractivity contribution in [3.05, 3.63) is 45.7 Å². The number of rotatable bonds is 1. The summed E-state index contributed by atoms with van der Waals surface area (Å²) in [6, 6.07) is 5.97. The van der Waals surface area contributed by atoms with Crippen molar-refractivity contribution in [3.63, 3.8) is 0 Å². The van der Waals surface area contributed by atoms with Crippen LogP contribution in [0, 0.1) is 0 Å². The Morgan fingerprint density at radius 2 is 1.81 bits per heavy atom. The minimum absolute atomic E-state index is 0.0551. The van der Waals surface area contributed by atoms with Crippen molar-refractivity contribution in [1.82, 2.24) is 9.88 Å². The summed E-state index contributed by atoms with van der Waals surface area (Å²) in [6.07, 6.45) is -0.745. The highest BCUT2D eigenvalue weighted by atomic mass is 16.5. The molecule has 4 rings (SSSR count). The number of nitrogens with zero attached hydrogens (tertiary/aromatic N) is 2. The van der Waals surface area contributed by atoms with Gasteiger partial charge in [-0.1, -0.05) is 6.07 Å². The Morgan fingerprint density at radius 1 is 1.12 bits per heavy atom. The second-order valence-electron chi connectivity index (χ2n) is 6.06. The Balaban J connectivity index is 2.01. The third-order valence-corrected chi connectivity index (χ3v) is 4.50. The van der Waals surface area contributed by atoms with Crippen molar-refractivity contribution in [2.45, 2.75) is 13.0 Å². The lowest BCUT2D eigenvalue weighted by Crippen LogP contribution is -2.42. The van der Waals surface area contributed by atoms with Gasteiger partial charge in [-0.15, -0.1) is 0 Å². The highest BCUT2D eigenvalue weighted by Gasteiger charge is 2.35. The second-order valence-corrected chi connectivity index (χ2v) is 6.06. The molecule has 0 radical (unpaired) electrons. The number of nitrogen functional groups attached to an aromatic ring is 1. The number of anilines is 2. The number of fused-ring (bicyclic) bond motifs is 2. The number of nitrogens with one attached hydrogen (secondary N) is 1. The van der Waals surface area contributed by atoms with E-state index in [9.17, 15) is 19.2 Å². The Bertz CT molecular complexity index is 1070. The van der Waals surface area contributed by atoms with Gasteiger partial charge in [0.05, 0.1) is 22.5 Å². The number of hydrogen-bond donors (Lipinski definition) is 2. The smallest absolute Gasteiger partial charge is 0.267 e. The second kappa shape index (κ2) is 5.19. The molecule has 0 aliphatic carbocycles. The van der Waals surface area contributed by atoms with Crippen molar-refractivity contribution in [2.24, 2.45) is 0 Å². The summed E-state index contributed by atoms with van der Waals surface area (Å²) in [5.41, 5.74) is 6.12. The number of benzene rings is 1. The molecule has 2 aliphatic heterocycles. The molecule has 1 aromatic carbocycles. The fourth-order valence-corrected chi connectivity index (χ4v) is 3.22. The maximum Gasteiger partial charge on any atom is 0.267 e. The summed E-state index contributed by atoms with van der Waals surface area (Å²) in [4.78, 5) is 50.0. The summed E-state index contributed by atoms with van der Waals surface area (Å²) in [7, 11) is 1.60. The van der Waals surface area contributed by atoms with Gasteiger partial charge in [-0.25, -0.2) is 0 Å². The average Bonchev–Trinajstić information content (AvgIpc) is 2.87. The van der Waals surface area contributed by atoms with E-state index in [4.69, 9.17) is 10.5 Å². The largest absolute Gasteiger partial charge is 0.476 e. The van der Waals surface area contributed by atoms with E-state index in [0.717, 1.165) is 10.6 Å². The molecule has 1 atom stereocenters. The summed E-state index contributed by atoms with van der Waals surface area (Å²) < 4.78 is 6.81. The highest BCUT2D eigenvalue weighted by Crippen LogP contribution is 2.39. The fraction of sp³-hybridized carbons (Fsp3) is 0.176. The molecule has 9 heteroatoms. The molecular weight excluding hydrogens is 340 g/mol. The molecule has 3 amide bonds. The quantitative estimate of drug-likeness (QED) is 0.697. The first-order valence-corrected chi connectivity index (χ1v) is 7.80. The van der Waals surface area contributed by atoms with Gasteiger partial charge in [0.2, 0.25) is 0 Å². The molecule has 2 aromatic rings. The molecular formula is C17H14N4O5. The van der Waals surface area contributed by atoms with Crippen LogP contribution in [0.2, 0.25) is 0 Å². The monoisotopic (exact) mass is 354 g/mol. The number of ether oxygens (including phenoxy) is 1. The Labute approximate surface area is 147 Å². The lowest BCUT2D eigenvalue weighted by Gasteiger charge is -2.31. The van der Waals surface area contributed by atoms with E-state index < -0.39 is 23.5 Å². The zero-order valence-corrected chi connectivity index (χ0v) is 13.9. The van der Waals surface area contributed by atoms with Crippen LogP contribution in [0.25, 0.3) is 5.69 Å². The van der Waals surface area contributed by atoms with Gasteiger partial charge in [0.15, 0.2) is 11.9 Å². The van der Waals surface area contributed by atoms with Gasteiger partial charge in [-0.2, -0.15) is 0 Å². The van der Waals surface area contributed by atoms with Crippen LogP contribution >= 0.6 is 0 Å². The lowest BCUT2D eigenvalue weighted by atomic mass is 10.1. The molecule has 132 valence electrons. The summed E-state index contributed by atoms with van der Waals surface area (Å²) in [5, 5.41) is 2.12. The minimum atomic E-state index is -0.745. The molecule has 0 bridgehead atoms. The van der Waals surface area contributed by atoms with Gasteiger partial charge in [0.1, 0.15) is 5.82 Å².